The molecule has 56 heavy (non-hydrogen) atoms. The highest BCUT2D eigenvalue weighted by Crippen LogP contribution is 2.56. The van der Waals surface area contributed by atoms with Crippen LogP contribution in [0.4, 0.5) is 34.1 Å². The normalized spacial score (nSPS) is 17.0. The highest BCUT2D eigenvalue weighted by atomic mass is 15.1. The summed E-state index contributed by atoms with van der Waals surface area (Å²) < 4.78 is 0. The molecule has 0 aliphatic heterocycles. The maximum atomic E-state index is 2.54. The topological polar surface area (TPSA) is 6.48 Å². The van der Waals surface area contributed by atoms with Crippen LogP contribution in [0, 0.1) is 0 Å². The molecule has 1 atom stereocenters. The second kappa shape index (κ2) is 12.6. The van der Waals surface area contributed by atoms with Crippen molar-refractivity contribution in [2.75, 3.05) is 9.80 Å². The fraction of sp³-hybridized carbons (Fsp3) is 0.148. The third-order valence-electron chi connectivity index (χ3n) is 13.2. The Balaban J connectivity index is 1.03. The van der Waals surface area contributed by atoms with Crippen LogP contribution in [0.2, 0.25) is 0 Å². The van der Waals surface area contributed by atoms with E-state index in [0.29, 0.717) is 0 Å². The minimum atomic E-state index is -0.0714. The van der Waals surface area contributed by atoms with Gasteiger partial charge in [0.15, 0.2) is 0 Å². The Kier molecular flexibility index (Phi) is 7.41. The van der Waals surface area contributed by atoms with Gasteiger partial charge in [0.1, 0.15) is 0 Å². The number of aryl methyl sites for hydroxylation is 2. The van der Waals surface area contributed by atoms with Crippen LogP contribution in [0.3, 0.4) is 0 Å². The summed E-state index contributed by atoms with van der Waals surface area (Å²) in [6.07, 6.45) is 4.48. The molecule has 0 saturated carbocycles. The fourth-order valence-corrected chi connectivity index (χ4v) is 10.4. The van der Waals surface area contributed by atoms with E-state index in [1.807, 2.05) is 0 Å². The van der Waals surface area contributed by atoms with Crippen molar-refractivity contribution >= 4 is 44.9 Å². The summed E-state index contributed by atoms with van der Waals surface area (Å²) in [5.74, 6) is 0. The van der Waals surface area contributed by atoms with Crippen molar-refractivity contribution in [3.63, 3.8) is 0 Å². The molecule has 0 bridgehead atoms. The van der Waals surface area contributed by atoms with E-state index in [-0.39, 0.29) is 10.8 Å². The van der Waals surface area contributed by atoms with Gasteiger partial charge in [0.25, 0.3) is 0 Å². The zero-order valence-electron chi connectivity index (χ0n) is 32.0. The molecule has 2 nitrogen and oxygen atoms in total. The third kappa shape index (κ3) is 5.02. The molecule has 0 N–H and O–H groups in total. The third-order valence-corrected chi connectivity index (χ3v) is 13.2. The van der Waals surface area contributed by atoms with Crippen molar-refractivity contribution in [3.05, 3.63) is 215 Å². The van der Waals surface area contributed by atoms with E-state index in [0.717, 1.165) is 25.7 Å². The first kappa shape index (κ1) is 33.0. The number of nitrogens with zero attached hydrogens (tertiary/aromatic N) is 2. The van der Waals surface area contributed by atoms with Crippen LogP contribution >= 0.6 is 0 Å². The molecule has 0 saturated heterocycles. The lowest BCUT2D eigenvalue weighted by atomic mass is 9.76. The number of para-hydroxylation sites is 2. The van der Waals surface area contributed by atoms with E-state index in [1.54, 1.807) is 0 Å². The zero-order chi connectivity index (χ0) is 37.4. The Morgan fingerprint density at radius 2 is 0.821 bits per heavy atom. The van der Waals surface area contributed by atoms with Gasteiger partial charge in [-0.15, -0.1) is 0 Å². The highest BCUT2D eigenvalue weighted by Gasteiger charge is 2.45. The van der Waals surface area contributed by atoms with Gasteiger partial charge in [-0.1, -0.05) is 123 Å². The minimum Gasteiger partial charge on any atom is -0.310 e. The summed E-state index contributed by atoms with van der Waals surface area (Å²) in [5, 5.41) is 2.51. The van der Waals surface area contributed by atoms with Gasteiger partial charge >= 0.3 is 0 Å². The Hall–Kier alpha value is -6.38. The molecule has 0 aromatic heterocycles. The van der Waals surface area contributed by atoms with E-state index in [1.165, 1.54) is 89.4 Å². The Bertz CT molecular complexity index is 2800. The SMILES string of the molecule is CC1(C)c2ccccc2-c2ccc(N(c3ccccc3)c3ccc4c(c3)[C@@]3(CC4)CCc4ccc(N(c5ccccc5)c5ccc6ccccc6c5)cc43)cc21. The molecular formula is C54H44N2. The van der Waals surface area contributed by atoms with Crippen LogP contribution in [0.1, 0.15) is 60.1 Å². The van der Waals surface area contributed by atoms with Crippen LogP contribution in [-0.4, -0.2) is 0 Å². The zero-order valence-corrected chi connectivity index (χ0v) is 32.0. The largest absolute Gasteiger partial charge is 0.310 e. The number of fused-ring (bicyclic) bond motifs is 8. The lowest BCUT2D eigenvalue weighted by Crippen LogP contribution is -2.22. The molecular weight excluding hydrogens is 677 g/mol. The Morgan fingerprint density at radius 1 is 0.357 bits per heavy atom. The van der Waals surface area contributed by atoms with E-state index < -0.39 is 0 Å². The molecule has 3 aliphatic rings. The average molecular weight is 721 g/mol. The quantitative estimate of drug-likeness (QED) is 0.169. The van der Waals surface area contributed by atoms with Crippen molar-refractivity contribution in [1.82, 2.24) is 0 Å². The van der Waals surface area contributed by atoms with Crippen molar-refractivity contribution in [1.29, 1.82) is 0 Å². The molecule has 8 aromatic rings. The Labute approximate surface area is 330 Å². The molecule has 0 fully saturated rings. The summed E-state index contributed by atoms with van der Waals surface area (Å²) in [6, 6.07) is 68.0. The number of hydrogen-bond acceptors (Lipinski definition) is 2. The predicted octanol–water partition coefficient (Wildman–Crippen LogP) is 14.3. The Morgan fingerprint density at radius 3 is 1.45 bits per heavy atom. The standard InChI is InChI=1S/C54H44N2/c1-53(2)49-20-12-11-19-47(49)48-28-27-46(36-52(48)53)56(42-17-7-4-8-18-42)45-26-23-39-30-32-54(51(39)35-45)31-29-38-22-25-44(34-50(38)54)55(41-15-5-3-6-16-41)43-24-21-37-13-9-10-14-40(37)33-43/h3-28,33-36H,29-32H2,1-2H3/t54-/m1/s1. The fourth-order valence-electron chi connectivity index (χ4n) is 10.4. The van der Waals surface area contributed by atoms with Crippen LogP contribution in [0.25, 0.3) is 21.9 Å². The second-order valence-electron chi connectivity index (χ2n) is 16.5. The maximum absolute atomic E-state index is 2.54. The molecule has 11 rings (SSSR count). The van der Waals surface area contributed by atoms with Gasteiger partial charge in [-0.05, 0) is 154 Å². The number of rotatable bonds is 6. The van der Waals surface area contributed by atoms with Gasteiger partial charge in [-0.2, -0.15) is 0 Å². The predicted molar refractivity (Wildman–Crippen MR) is 235 cm³/mol. The van der Waals surface area contributed by atoms with E-state index in [9.17, 15) is 0 Å². The number of anilines is 6. The number of hydrogen-bond donors (Lipinski definition) is 0. The lowest BCUT2D eigenvalue weighted by molar-refractivity contribution is 0.507. The molecule has 1 spiro atoms. The first-order chi connectivity index (χ1) is 27.5. The van der Waals surface area contributed by atoms with Crippen LogP contribution < -0.4 is 9.80 Å². The van der Waals surface area contributed by atoms with Gasteiger partial charge in [-0.3, -0.25) is 0 Å². The van der Waals surface area contributed by atoms with Crippen molar-refractivity contribution in [3.8, 4) is 11.1 Å². The van der Waals surface area contributed by atoms with Crippen molar-refractivity contribution in [2.45, 2.75) is 50.4 Å². The summed E-state index contributed by atoms with van der Waals surface area (Å²) >= 11 is 0. The van der Waals surface area contributed by atoms with Gasteiger partial charge in [0.2, 0.25) is 0 Å². The summed E-state index contributed by atoms with van der Waals surface area (Å²) in [7, 11) is 0. The first-order valence-electron chi connectivity index (χ1n) is 20.2. The smallest absolute Gasteiger partial charge is 0.0468 e. The monoisotopic (exact) mass is 720 g/mol. The van der Waals surface area contributed by atoms with E-state index in [2.05, 4.69) is 206 Å². The van der Waals surface area contributed by atoms with Gasteiger partial charge < -0.3 is 9.80 Å². The summed E-state index contributed by atoms with van der Waals surface area (Å²) in [4.78, 5) is 4.92. The molecule has 0 unspecified atom stereocenters. The van der Waals surface area contributed by atoms with Gasteiger partial charge in [0, 0.05) is 45.0 Å². The molecule has 270 valence electrons. The van der Waals surface area contributed by atoms with E-state index in [4.69, 9.17) is 0 Å². The van der Waals surface area contributed by atoms with Gasteiger partial charge in [0.05, 0.1) is 0 Å². The van der Waals surface area contributed by atoms with Crippen LogP contribution in [-0.2, 0) is 23.7 Å². The summed E-state index contributed by atoms with van der Waals surface area (Å²) in [6.45, 7) is 4.75. The van der Waals surface area contributed by atoms with E-state index >= 15 is 0 Å². The average Bonchev–Trinajstić information content (AvgIpc) is 3.88. The van der Waals surface area contributed by atoms with Crippen LogP contribution in [0.15, 0.2) is 182 Å². The van der Waals surface area contributed by atoms with Crippen molar-refractivity contribution < 1.29 is 0 Å². The minimum absolute atomic E-state index is 0.0215. The lowest BCUT2D eigenvalue weighted by Gasteiger charge is -2.32. The summed E-state index contributed by atoms with van der Waals surface area (Å²) in [5.41, 5.74) is 18.5. The number of benzene rings is 8. The van der Waals surface area contributed by atoms with Crippen LogP contribution in [0.5, 0.6) is 0 Å². The van der Waals surface area contributed by atoms with Crippen molar-refractivity contribution in [2.24, 2.45) is 0 Å². The highest BCUT2D eigenvalue weighted by molar-refractivity contribution is 5.90. The molecule has 0 radical (unpaired) electrons. The maximum Gasteiger partial charge on any atom is 0.0468 e. The molecule has 0 amide bonds. The first-order valence-corrected chi connectivity index (χ1v) is 20.2. The second-order valence-corrected chi connectivity index (χ2v) is 16.5. The van der Waals surface area contributed by atoms with Gasteiger partial charge in [-0.25, -0.2) is 0 Å². The molecule has 2 heteroatoms. The molecule has 3 aliphatic carbocycles. The molecule has 0 heterocycles. The molecule has 8 aromatic carbocycles.